The van der Waals surface area contributed by atoms with Gasteiger partial charge in [-0.3, -0.25) is 0 Å². The Morgan fingerprint density at radius 2 is 1.90 bits per heavy atom. The SMILES string of the molecule is CCCNCc1cc(F)cc(Oc2ccc(F)cc2Br)c1. The van der Waals surface area contributed by atoms with E-state index in [9.17, 15) is 8.78 Å². The van der Waals surface area contributed by atoms with Crippen LogP contribution >= 0.6 is 15.9 Å². The molecule has 0 heterocycles. The fourth-order valence-electron chi connectivity index (χ4n) is 1.88. The summed E-state index contributed by atoms with van der Waals surface area (Å²) in [7, 11) is 0. The van der Waals surface area contributed by atoms with Gasteiger partial charge in [0.25, 0.3) is 0 Å². The lowest BCUT2D eigenvalue weighted by Gasteiger charge is -2.10. The van der Waals surface area contributed by atoms with Crippen molar-refractivity contribution in [1.82, 2.24) is 5.32 Å². The van der Waals surface area contributed by atoms with Gasteiger partial charge in [-0.15, -0.1) is 0 Å². The quantitative estimate of drug-likeness (QED) is 0.734. The van der Waals surface area contributed by atoms with Crippen LogP contribution in [-0.2, 0) is 6.54 Å². The summed E-state index contributed by atoms with van der Waals surface area (Å²) >= 11 is 3.22. The number of benzene rings is 2. The van der Waals surface area contributed by atoms with E-state index < -0.39 is 0 Å². The molecule has 112 valence electrons. The van der Waals surface area contributed by atoms with E-state index in [0.29, 0.717) is 22.5 Å². The molecule has 0 saturated heterocycles. The summed E-state index contributed by atoms with van der Waals surface area (Å²) in [6, 6.07) is 8.64. The van der Waals surface area contributed by atoms with Gasteiger partial charge in [-0.2, -0.15) is 0 Å². The topological polar surface area (TPSA) is 21.3 Å². The normalized spacial score (nSPS) is 10.7. The first-order chi connectivity index (χ1) is 10.1. The van der Waals surface area contributed by atoms with Gasteiger partial charge < -0.3 is 10.1 Å². The van der Waals surface area contributed by atoms with Crippen LogP contribution in [-0.4, -0.2) is 6.54 Å². The highest BCUT2D eigenvalue weighted by molar-refractivity contribution is 9.10. The molecule has 0 saturated carbocycles. The minimum Gasteiger partial charge on any atom is -0.456 e. The summed E-state index contributed by atoms with van der Waals surface area (Å²) < 4.78 is 32.8. The molecule has 21 heavy (non-hydrogen) atoms. The molecule has 0 aliphatic rings. The van der Waals surface area contributed by atoms with Crippen molar-refractivity contribution in [3.05, 3.63) is 58.1 Å². The van der Waals surface area contributed by atoms with Crippen molar-refractivity contribution in [1.29, 1.82) is 0 Å². The molecule has 2 aromatic carbocycles. The summed E-state index contributed by atoms with van der Waals surface area (Å²) in [5.41, 5.74) is 0.802. The first kappa shape index (κ1) is 15.9. The van der Waals surface area contributed by atoms with Crippen LogP contribution in [0.15, 0.2) is 40.9 Å². The summed E-state index contributed by atoms with van der Waals surface area (Å²) in [5, 5.41) is 3.21. The molecule has 2 rings (SSSR count). The Hall–Kier alpha value is -1.46. The number of nitrogens with one attached hydrogen (secondary N) is 1. The Labute approximate surface area is 131 Å². The average molecular weight is 356 g/mol. The smallest absolute Gasteiger partial charge is 0.141 e. The van der Waals surface area contributed by atoms with Crippen LogP contribution in [0.25, 0.3) is 0 Å². The zero-order valence-corrected chi connectivity index (χ0v) is 13.2. The first-order valence-corrected chi connectivity index (χ1v) is 7.51. The second kappa shape index (κ2) is 7.52. The molecule has 0 fully saturated rings. The van der Waals surface area contributed by atoms with Crippen molar-refractivity contribution in [3.63, 3.8) is 0 Å². The Kier molecular flexibility index (Phi) is 5.70. The van der Waals surface area contributed by atoms with Gasteiger partial charge in [0.15, 0.2) is 0 Å². The number of hydrogen-bond donors (Lipinski definition) is 1. The zero-order valence-electron chi connectivity index (χ0n) is 11.6. The number of rotatable bonds is 6. The van der Waals surface area contributed by atoms with E-state index in [4.69, 9.17) is 4.74 Å². The van der Waals surface area contributed by atoms with Crippen LogP contribution in [0, 0.1) is 11.6 Å². The Morgan fingerprint density at radius 1 is 1.10 bits per heavy atom. The van der Waals surface area contributed by atoms with E-state index in [1.54, 1.807) is 6.07 Å². The molecule has 2 nitrogen and oxygen atoms in total. The third-order valence-corrected chi connectivity index (χ3v) is 3.43. The molecule has 1 N–H and O–H groups in total. The molecule has 0 bridgehead atoms. The predicted octanol–water partition coefficient (Wildman–Crippen LogP) is 5.02. The van der Waals surface area contributed by atoms with Gasteiger partial charge in [-0.05, 0) is 64.8 Å². The first-order valence-electron chi connectivity index (χ1n) is 6.71. The van der Waals surface area contributed by atoms with Gasteiger partial charge in [0.1, 0.15) is 23.1 Å². The van der Waals surface area contributed by atoms with Gasteiger partial charge in [0.05, 0.1) is 4.47 Å². The summed E-state index contributed by atoms with van der Waals surface area (Å²) in [6.07, 6.45) is 1.02. The monoisotopic (exact) mass is 355 g/mol. The number of hydrogen-bond acceptors (Lipinski definition) is 2. The van der Waals surface area contributed by atoms with Crippen LogP contribution < -0.4 is 10.1 Å². The molecular formula is C16H16BrF2NO. The predicted molar refractivity (Wildman–Crippen MR) is 82.6 cm³/mol. The van der Waals surface area contributed by atoms with Crippen molar-refractivity contribution in [2.75, 3.05) is 6.54 Å². The third-order valence-electron chi connectivity index (χ3n) is 2.81. The van der Waals surface area contributed by atoms with Gasteiger partial charge in [-0.25, -0.2) is 8.78 Å². The van der Waals surface area contributed by atoms with E-state index in [1.165, 1.54) is 30.3 Å². The zero-order chi connectivity index (χ0) is 15.2. The summed E-state index contributed by atoms with van der Waals surface area (Å²) in [4.78, 5) is 0. The lowest BCUT2D eigenvalue weighted by Crippen LogP contribution is -2.13. The van der Waals surface area contributed by atoms with E-state index in [2.05, 4.69) is 28.2 Å². The molecule has 0 aromatic heterocycles. The van der Waals surface area contributed by atoms with Crippen LogP contribution in [0.3, 0.4) is 0 Å². The van der Waals surface area contributed by atoms with Crippen LogP contribution in [0.4, 0.5) is 8.78 Å². The average Bonchev–Trinajstić information content (AvgIpc) is 2.42. The van der Waals surface area contributed by atoms with Crippen molar-refractivity contribution < 1.29 is 13.5 Å². The third kappa shape index (κ3) is 4.79. The Morgan fingerprint density at radius 3 is 2.62 bits per heavy atom. The molecule has 2 aromatic rings. The molecule has 5 heteroatoms. The van der Waals surface area contributed by atoms with Gasteiger partial charge in [0.2, 0.25) is 0 Å². The van der Waals surface area contributed by atoms with Gasteiger partial charge in [0, 0.05) is 12.6 Å². The van der Waals surface area contributed by atoms with E-state index in [-0.39, 0.29) is 11.6 Å². The molecule has 0 radical (unpaired) electrons. The maximum Gasteiger partial charge on any atom is 0.141 e. The lowest BCUT2D eigenvalue weighted by atomic mass is 10.2. The summed E-state index contributed by atoms with van der Waals surface area (Å²) in [5.74, 6) is 0.0991. The molecule has 0 unspecified atom stereocenters. The van der Waals surface area contributed by atoms with Crippen LogP contribution in [0.2, 0.25) is 0 Å². The minimum atomic E-state index is -0.363. The maximum absolute atomic E-state index is 13.6. The Balaban J connectivity index is 2.15. The molecule has 0 amide bonds. The fourth-order valence-corrected chi connectivity index (χ4v) is 2.31. The number of halogens is 3. The molecule has 0 aliphatic carbocycles. The molecule has 0 atom stereocenters. The van der Waals surface area contributed by atoms with E-state index >= 15 is 0 Å². The molecule has 0 aliphatic heterocycles. The lowest BCUT2D eigenvalue weighted by molar-refractivity contribution is 0.470. The van der Waals surface area contributed by atoms with Gasteiger partial charge in [-0.1, -0.05) is 6.92 Å². The van der Waals surface area contributed by atoms with Crippen molar-refractivity contribution in [2.45, 2.75) is 19.9 Å². The van der Waals surface area contributed by atoms with Crippen molar-refractivity contribution in [3.8, 4) is 11.5 Å². The highest BCUT2D eigenvalue weighted by Crippen LogP contribution is 2.31. The molecule has 0 spiro atoms. The van der Waals surface area contributed by atoms with Crippen LogP contribution in [0.5, 0.6) is 11.5 Å². The summed E-state index contributed by atoms with van der Waals surface area (Å²) in [6.45, 7) is 3.52. The van der Waals surface area contributed by atoms with E-state index in [0.717, 1.165) is 18.5 Å². The van der Waals surface area contributed by atoms with Crippen molar-refractivity contribution >= 4 is 15.9 Å². The van der Waals surface area contributed by atoms with E-state index in [1.807, 2.05) is 0 Å². The number of ether oxygens (including phenoxy) is 1. The van der Waals surface area contributed by atoms with Gasteiger partial charge >= 0.3 is 0 Å². The highest BCUT2D eigenvalue weighted by Gasteiger charge is 2.07. The fraction of sp³-hybridized carbons (Fsp3) is 0.250. The second-order valence-corrected chi connectivity index (χ2v) is 5.50. The highest BCUT2D eigenvalue weighted by atomic mass is 79.9. The largest absolute Gasteiger partial charge is 0.456 e. The van der Waals surface area contributed by atoms with Crippen LogP contribution in [0.1, 0.15) is 18.9 Å². The standard InChI is InChI=1S/C16H16BrF2NO/c1-2-5-20-10-11-6-13(19)8-14(7-11)21-16-4-3-12(18)9-15(16)17/h3-4,6-9,20H,2,5,10H2,1H3. The molecular weight excluding hydrogens is 340 g/mol. The Bertz CT molecular complexity index is 619. The van der Waals surface area contributed by atoms with Crippen molar-refractivity contribution in [2.24, 2.45) is 0 Å². The second-order valence-electron chi connectivity index (χ2n) is 4.65. The maximum atomic E-state index is 13.6. The minimum absolute atomic E-state index is 0.362.